The van der Waals surface area contributed by atoms with Crippen molar-refractivity contribution in [3.63, 3.8) is 0 Å². The van der Waals surface area contributed by atoms with Crippen molar-refractivity contribution in [2.45, 2.75) is 45.1 Å². The Bertz CT molecular complexity index is 410. The monoisotopic (exact) mass is 261 g/mol. The summed E-state index contributed by atoms with van der Waals surface area (Å²) in [6.07, 6.45) is 7.53. The molecule has 0 radical (unpaired) electrons. The molecule has 0 bridgehead atoms. The van der Waals surface area contributed by atoms with Crippen LogP contribution in [0, 0.1) is 0 Å². The Labute approximate surface area is 115 Å². The van der Waals surface area contributed by atoms with Gasteiger partial charge in [0.05, 0.1) is 11.9 Å². The molecule has 0 aliphatic heterocycles. The third-order valence-corrected chi connectivity index (χ3v) is 3.75. The van der Waals surface area contributed by atoms with Gasteiger partial charge in [0.25, 0.3) is 5.91 Å². The molecule has 0 unspecified atom stereocenters. The smallest absolute Gasteiger partial charge is 0.272 e. The van der Waals surface area contributed by atoms with Crippen molar-refractivity contribution in [2.24, 2.45) is 0 Å². The van der Waals surface area contributed by atoms with Crippen LogP contribution in [-0.4, -0.2) is 35.4 Å². The largest absolute Gasteiger partial charge is 0.384 e. The van der Waals surface area contributed by atoms with Crippen LogP contribution in [0.1, 0.15) is 49.5 Å². The van der Waals surface area contributed by atoms with Crippen LogP contribution >= 0.6 is 0 Å². The zero-order valence-corrected chi connectivity index (χ0v) is 11.9. The van der Waals surface area contributed by atoms with Crippen molar-refractivity contribution < 1.29 is 4.79 Å². The molecule has 1 aromatic rings. The molecule has 1 N–H and O–H groups in total. The number of nitrogens with zero attached hydrogens (tertiary/aromatic N) is 2. The normalized spacial score (nSPS) is 15.5. The number of carbonyl (C=O) groups excluding carboxylic acids is 1. The lowest BCUT2D eigenvalue weighted by Crippen LogP contribution is -2.35. The minimum atomic E-state index is 0.0361. The number of rotatable bonds is 5. The van der Waals surface area contributed by atoms with E-state index in [1.165, 1.54) is 12.8 Å². The van der Waals surface area contributed by atoms with Gasteiger partial charge in [0.2, 0.25) is 0 Å². The molecule has 104 valence electrons. The van der Waals surface area contributed by atoms with Crippen molar-refractivity contribution >= 4 is 11.6 Å². The second-order valence-electron chi connectivity index (χ2n) is 5.21. The quantitative estimate of drug-likeness (QED) is 0.886. The predicted octanol–water partition coefficient (Wildman–Crippen LogP) is 2.92. The van der Waals surface area contributed by atoms with Gasteiger partial charge in [-0.1, -0.05) is 19.8 Å². The molecule has 1 aromatic heterocycles. The van der Waals surface area contributed by atoms with E-state index in [-0.39, 0.29) is 5.91 Å². The summed E-state index contributed by atoms with van der Waals surface area (Å²) in [6, 6.07) is 4.14. The number of carbonyl (C=O) groups is 1. The van der Waals surface area contributed by atoms with E-state index in [1.807, 2.05) is 24.1 Å². The van der Waals surface area contributed by atoms with Crippen LogP contribution in [0.5, 0.6) is 0 Å². The average molecular weight is 261 g/mol. The Balaban J connectivity index is 1.98. The van der Waals surface area contributed by atoms with Gasteiger partial charge in [-0.3, -0.25) is 4.79 Å². The van der Waals surface area contributed by atoms with E-state index in [1.54, 1.807) is 6.20 Å². The SMILES string of the molecule is CCCNc1ccc(C(=O)N(C)C2CCCC2)nc1. The first kappa shape index (κ1) is 13.8. The lowest BCUT2D eigenvalue weighted by Gasteiger charge is -2.23. The maximum atomic E-state index is 12.3. The molecule has 1 aliphatic rings. The Hall–Kier alpha value is -1.58. The van der Waals surface area contributed by atoms with Gasteiger partial charge in [-0.15, -0.1) is 0 Å². The lowest BCUT2D eigenvalue weighted by atomic mass is 10.2. The van der Waals surface area contributed by atoms with Gasteiger partial charge in [0.1, 0.15) is 5.69 Å². The number of hydrogen-bond donors (Lipinski definition) is 1. The van der Waals surface area contributed by atoms with Crippen LogP contribution in [-0.2, 0) is 0 Å². The average Bonchev–Trinajstić information content (AvgIpc) is 2.98. The summed E-state index contributed by atoms with van der Waals surface area (Å²) in [5.74, 6) is 0.0361. The van der Waals surface area contributed by atoms with Gasteiger partial charge in [-0.05, 0) is 31.4 Å². The number of amides is 1. The van der Waals surface area contributed by atoms with Gasteiger partial charge in [-0.25, -0.2) is 4.98 Å². The second kappa shape index (κ2) is 6.55. The highest BCUT2D eigenvalue weighted by atomic mass is 16.2. The first-order valence-corrected chi connectivity index (χ1v) is 7.19. The van der Waals surface area contributed by atoms with Crippen LogP contribution in [0.25, 0.3) is 0 Å². The van der Waals surface area contributed by atoms with Gasteiger partial charge >= 0.3 is 0 Å². The van der Waals surface area contributed by atoms with Gasteiger partial charge in [0.15, 0.2) is 0 Å². The van der Waals surface area contributed by atoms with E-state index in [0.29, 0.717) is 11.7 Å². The van der Waals surface area contributed by atoms with Crippen molar-refractivity contribution in [3.8, 4) is 0 Å². The summed E-state index contributed by atoms with van der Waals surface area (Å²) < 4.78 is 0. The van der Waals surface area contributed by atoms with Crippen LogP contribution in [0.4, 0.5) is 5.69 Å². The minimum Gasteiger partial charge on any atom is -0.384 e. The summed E-state index contributed by atoms with van der Waals surface area (Å²) in [7, 11) is 1.89. The standard InChI is InChI=1S/C15H23N3O/c1-3-10-16-12-8-9-14(17-11-12)15(19)18(2)13-6-4-5-7-13/h8-9,11,13,16H,3-7,10H2,1-2H3. The fourth-order valence-corrected chi connectivity index (χ4v) is 2.53. The molecule has 0 atom stereocenters. The van der Waals surface area contributed by atoms with E-state index in [4.69, 9.17) is 0 Å². The van der Waals surface area contributed by atoms with Crippen LogP contribution in [0.2, 0.25) is 0 Å². The maximum absolute atomic E-state index is 12.3. The molecule has 1 aliphatic carbocycles. The maximum Gasteiger partial charge on any atom is 0.272 e. The number of nitrogens with one attached hydrogen (secondary N) is 1. The van der Waals surface area contributed by atoms with E-state index < -0.39 is 0 Å². The Morgan fingerprint density at radius 1 is 1.42 bits per heavy atom. The molecule has 0 spiro atoms. The minimum absolute atomic E-state index is 0.0361. The number of anilines is 1. The Morgan fingerprint density at radius 2 is 2.16 bits per heavy atom. The first-order valence-electron chi connectivity index (χ1n) is 7.19. The molecule has 1 saturated carbocycles. The summed E-state index contributed by atoms with van der Waals surface area (Å²) >= 11 is 0. The highest BCUT2D eigenvalue weighted by Gasteiger charge is 2.24. The van der Waals surface area contributed by atoms with Crippen LogP contribution in [0.15, 0.2) is 18.3 Å². The van der Waals surface area contributed by atoms with Crippen LogP contribution < -0.4 is 5.32 Å². The Kier molecular flexibility index (Phi) is 4.77. The summed E-state index contributed by atoms with van der Waals surface area (Å²) in [5.41, 5.74) is 1.51. The van der Waals surface area contributed by atoms with Crippen molar-refractivity contribution in [3.05, 3.63) is 24.0 Å². The third-order valence-electron chi connectivity index (χ3n) is 3.75. The zero-order chi connectivity index (χ0) is 13.7. The fraction of sp³-hybridized carbons (Fsp3) is 0.600. The molecule has 19 heavy (non-hydrogen) atoms. The first-order chi connectivity index (χ1) is 9.22. The molecule has 1 amide bonds. The molecular weight excluding hydrogens is 238 g/mol. The van der Waals surface area contributed by atoms with E-state index in [2.05, 4.69) is 17.2 Å². The van der Waals surface area contributed by atoms with Crippen LogP contribution in [0.3, 0.4) is 0 Å². The van der Waals surface area contributed by atoms with Gasteiger partial charge in [0, 0.05) is 19.6 Å². The second-order valence-corrected chi connectivity index (χ2v) is 5.21. The third kappa shape index (κ3) is 3.46. The molecular formula is C15H23N3O. The topological polar surface area (TPSA) is 45.2 Å². The highest BCUT2D eigenvalue weighted by molar-refractivity contribution is 5.92. The number of aromatic nitrogens is 1. The molecule has 2 rings (SSSR count). The predicted molar refractivity (Wildman–Crippen MR) is 77.4 cm³/mol. The van der Waals surface area contributed by atoms with E-state index >= 15 is 0 Å². The summed E-state index contributed by atoms with van der Waals surface area (Å²) in [6.45, 7) is 3.05. The van der Waals surface area contributed by atoms with Crippen molar-refractivity contribution in [1.82, 2.24) is 9.88 Å². The van der Waals surface area contributed by atoms with Crippen molar-refractivity contribution in [2.75, 3.05) is 18.9 Å². The molecule has 1 fully saturated rings. The Morgan fingerprint density at radius 3 is 2.74 bits per heavy atom. The molecule has 1 heterocycles. The number of hydrogen-bond acceptors (Lipinski definition) is 3. The summed E-state index contributed by atoms with van der Waals surface area (Å²) in [4.78, 5) is 18.4. The molecule has 4 heteroatoms. The molecule has 0 aromatic carbocycles. The highest BCUT2D eigenvalue weighted by Crippen LogP contribution is 2.23. The van der Waals surface area contributed by atoms with Crippen molar-refractivity contribution in [1.29, 1.82) is 0 Å². The van der Waals surface area contributed by atoms with E-state index in [0.717, 1.165) is 31.5 Å². The van der Waals surface area contributed by atoms with E-state index in [9.17, 15) is 4.79 Å². The van der Waals surface area contributed by atoms with Gasteiger partial charge in [-0.2, -0.15) is 0 Å². The summed E-state index contributed by atoms with van der Waals surface area (Å²) in [5, 5.41) is 3.26. The van der Waals surface area contributed by atoms with Gasteiger partial charge < -0.3 is 10.2 Å². The molecule has 0 saturated heterocycles. The zero-order valence-electron chi connectivity index (χ0n) is 11.9. The number of pyridine rings is 1. The molecule has 4 nitrogen and oxygen atoms in total. The lowest BCUT2D eigenvalue weighted by molar-refractivity contribution is 0.0729. The fourth-order valence-electron chi connectivity index (χ4n) is 2.53.